The number of rotatable bonds is 12. The number of hydrogen-bond donors (Lipinski definition) is 3. The summed E-state index contributed by atoms with van der Waals surface area (Å²) in [4.78, 5) is 15.2. The summed E-state index contributed by atoms with van der Waals surface area (Å²) in [5.74, 6) is 1.70. The number of nitrogens with zero attached hydrogens (tertiary/aromatic N) is 1. The highest BCUT2D eigenvalue weighted by molar-refractivity contribution is 14.0. The Bertz CT molecular complexity index is 874. The van der Waals surface area contributed by atoms with E-state index in [4.69, 9.17) is 15.2 Å². The molecule has 0 spiro atoms. The van der Waals surface area contributed by atoms with Crippen molar-refractivity contribution in [2.45, 2.75) is 46.2 Å². The van der Waals surface area contributed by atoms with Crippen LogP contribution >= 0.6 is 24.0 Å². The van der Waals surface area contributed by atoms with Crippen LogP contribution in [0.25, 0.3) is 0 Å². The lowest BCUT2D eigenvalue weighted by molar-refractivity contribution is -0.119. The maximum Gasteiger partial charge on any atom is 0.255 e. The Hall–Kier alpha value is -2.49. The molecule has 2 aromatic carbocycles. The van der Waals surface area contributed by atoms with E-state index in [0.29, 0.717) is 24.8 Å². The molecule has 0 bridgehead atoms. The van der Waals surface area contributed by atoms with Crippen molar-refractivity contribution in [3.63, 3.8) is 0 Å². The molecular weight excluding hydrogens is 519 g/mol. The number of benzene rings is 2. The number of carbonyl (C=O) groups is 1. The SMILES string of the molecule is CCCCCOc1cc(C)ccc1CNC(=NC)NCc1cccc(OCC(N)=O)c1.I. The fraction of sp³-hybridized carbons (Fsp3) is 0.417. The first-order chi connectivity index (χ1) is 15.0. The van der Waals surface area contributed by atoms with E-state index in [0.717, 1.165) is 29.9 Å². The fourth-order valence-electron chi connectivity index (χ4n) is 2.96. The number of guanidine groups is 1. The highest BCUT2D eigenvalue weighted by Crippen LogP contribution is 2.21. The Morgan fingerprint density at radius 3 is 2.56 bits per heavy atom. The number of amides is 1. The second-order valence-corrected chi connectivity index (χ2v) is 7.35. The van der Waals surface area contributed by atoms with E-state index in [1.165, 1.54) is 18.4 Å². The number of primary amides is 1. The molecule has 4 N–H and O–H groups in total. The van der Waals surface area contributed by atoms with Gasteiger partial charge in [0.2, 0.25) is 0 Å². The van der Waals surface area contributed by atoms with E-state index in [2.05, 4.69) is 47.7 Å². The number of unbranched alkanes of at least 4 members (excludes halogenated alkanes) is 2. The van der Waals surface area contributed by atoms with Gasteiger partial charge in [-0.1, -0.05) is 44.0 Å². The number of ether oxygens (including phenoxy) is 2. The molecule has 32 heavy (non-hydrogen) atoms. The minimum atomic E-state index is -0.502. The van der Waals surface area contributed by atoms with Gasteiger partial charge in [0.05, 0.1) is 6.61 Å². The van der Waals surface area contributed by atoms with Crippen LogP contribution in [0, 0.1) is 6.92 Å². The summed E-state index contributed by atoms with van der Waals surface area (Å²) >= 11 is 0. The number of nitrogens with two attached hydrogens (primary N) is 1. The average molecular weight is 554 g/mol. The molecule has 0 unspecified atom stereocenters. The first-order valence-electron chi connectivity index (χ1n) is 10.7. The summed E-state index contributed by atoms with van der Waals surface area (Å²) in [6, 6.07) is 13.8. The van der Waals surface area contributed by atoms with E-state index in [1.54, 1.807) is 13.1 Å². The third-order valence-electron chi connectivity index (χ3n) is 4.64. The van der Waals surface area contributed by atoms with Crippen LogP contribution in [0.2, 0.25) is 0 Å². The van der Waals surface area contributed by atoms with Crippen molar-refractivity contribution in [2.75, 3.05) is 20.3 Å². The maximum atomic E-state index is 10.9. The van der Waals surface area contributed by atoms with Gasteiger partial charge in [-0.3, -0.25) is 9.79 Å². The lowest BCUT2D eigenvalue weighted by Gasteiger charge is -2.16. The second kappa shape index (κ2) is 15.3. The van der Waals surface area contributed by atoms with Crippen molar-refractivity contribution >= 4 is 35.8 Å². The molecular formula is C24H35IN4O3. The van der Waals surface area contributed by atoms with Crippen LogP contribution < -0.4 is 25.8 Å². The van der Waals surface area contributed by atoms with Gasteiger partial charge in [0.1, 0.15) is 11.5 Å². The Balaban J connectivity index is 0.00000512. The summed E-state index contributed by atoms with van der Waals surface area (Å²) in [5.41, 5.74) is 8.39. The van der Waals surface area contributed by atoms with E-state index in [-0.39, 0.29) is 30.6 Å². The third-order valence-corrected chi connectivity index (χ3v) is 4.64. The van der Waals surface area contributed by atoms with E-state index >= 15 is 0 Å². The normalized spacial score (nSPS) is 10.8. The van der Waals surface area contributed by atoms with E-state index in [9.17, 15) is 4.79 Å². The average Bonchev–Trinajstić information content (AvgIpc) is 2.76. The first kappa shape index (κ1) is 27.5. The van der Waals surface area contributed by atoms with Crippen molar-refractivity contribution in [1.82, 2.24) is 10.6 Å². The Kier molecular flexibility index (Phi) is 13.2. The maximum absolute atomic E-state index is 10.9. The van der Waals surface area contributed by atoms with Crippen molar-refractivity contribution in [2.24, 2.45) is 10.7 Å². The molecule has 0 atom stereocenters. The van der Waals surface area contributed by atoms with E-state index < -0.39 is 5.91 Å². The van der Waals surface area contributed by atoms with Crippen LogP contribution in [0.1, 0.15) is 42.9 Å². The second-order valence-electron chi connectivity index (χ2n) is 7.35. The zero-order valence-electron chi connectivity index (χ0n) is 19.1. The molecule has 2 rings (SSSR count). The van der Waals surface area contributed by atoms with Crippen molar-refractivity contribution in [1.29, 1.82) is 0 Å². The number of carbonyl (C=O) groups excluding carboxylic acids is 1. The minimum absolute atomic E-state index is 0. The van der Waals surface area contributed by atoms with Crippen LogP contribution in [-0.2, 0) is 17.9 Å². The summed E-state index contributed by atoms with van der Waals surface area (Å²) in [6.45, 7) is 6.00. The minimum Gasteiger partial charge on any atom is -0.493 e. The number of halogens is 1. The Morgan fingerprint density at radius 1 is 1.06 bits per heavy atom. The molecule has 0 saturated heterocycles. The third kappa shape index (κ3) is 10.2. The standard InChI is InChI=1S/C24H34N4O3.HI/c1-4-5-6-12-30-22-13-18(2)10-11-20(22)16-28-24(26-3)27-15-19-8-7-9-21(14-19)31-17-23(25)29;/h7-11,13-14H,4-6,12,15-17H2,1-3H3,(H2,25,29)(H2,26,27,28);1H. The van der Waals surface area contributed by atoms with Gasteiger partial charge in [-0.05, 0) is 42.7 Å². The molecule has 7 nitrogen and oxygen atoms in total. The van der Waals surface area contributed by atoms with Crippen molar-refractivity contribution < 1.29 is 14.3 Å². The molecule has 0 radical (unpaired) electrons. The molecule has 0 aromatic heterocycles. The summed E-state index contributed by atoms with van der Waals surface area (Å²) in [7, 11) is 1.74. The molecule has 0 heterocycles. The summed E-state index contributed by atoms with van der Waals surface area (Å²) < 4.78 is 11.4. The highest BCUT2D eigenvalue weighted by Gasteiger charge is 2.07. The van der Waals surface area contributed by atoms with Crippen LogP contribution in [0.4, 0.5) is 0 Å². The molecule has 0 saturated carbocycles. The van der Waals surface area contributed by atoms with Crippen LogP contribution in [0.5, 0.6) is 11.5 Å². The Labute approximate surface area is 208 Å². The summed E-state index contributed by atoms with van der Waals surface area (Å²) in [6.07, 6.45) is 3.40. The largest absolute Gasteiger partial charge is 0.493 e. The highest BCUT2D eigenvalue weighted by atomic mass is 127. The van der Waals surface area contributed by atoms with Gasteiger partial charge in [-0.25, -0.2) is 0 Å². The zero-order chi connectivity index (χ0) is 22.5. The molecule has 8 heteroatoms. The lowest BCUT2D eigenvalue weighted by atomic mass is 10.1. The first-order valence-corrected chi connectivity index (χ1v) is 10.7. The number of hydrogen-bond acceptors (Lipinski definition) is 4. The van der Waals surface area contributed by atoms with Gasteiger partial charge in [0.15, 0.2) is 12.6 Å². The molecule has 0 aliphatic heterocycles. The van der Waals surface area contributed by atoms with Gasteiger partial charge >= 0.3 is 0 Å². The monoisotopic (exact) mass is 554 g/mol. The molecule has 0 aliphatic rings. The molecule has 0 fully saturated rings. The molecule has 2 aromatic rings. The molecule has 1 amide bonds. The van der Waals surface area contributed by atoms with Gasteiger partial charge < -0.3 is 25.8 Å². The van der Waals surface area contributed by atoms with Gasteiger partial charge in [0.25, 0.3) is 5.91 Å². The fourth-order valence-corrected chi connectivity index (χ4v) is 2.96. The van der Waals surface area contributed by atoms with Crippen LogP contribution in [0.3, 0.4) is 0 Å². The predicted molar refractivity (Wildman–Crippen MR) is 140 cm³/mol. The number of aliphatic imine (C=N–C) groups is 1. The number of nitrogens with one attached hydrogen (secondary N) is 2. The Morgan fingerprint density at radius 2 is 1.84 bits per heavy atom. The van der Waals surface area contributed by atoms with Crippen molar-refractivity contribution in [3.05, 3.63) is 59.2 Å². The van der Waals surface area contributed by atoms with Crippen molar-refractivity contribution in [3.8, 4) is 11.5 Å². The molecule has 0 aliphatic carbocycles. The topological polar surface area (TPSA) is 98.0 Å². The van der Waals surface area contributed by atoms with Crippen LogP contribution in [0.15, 0.2) is 47.5 Å². The quantitative estimate of drug-likeness (QED) is 0.160. The molecule has 176 valence electrons. The van der Waals surface area contributed by atoms with Gasteiger partial charge in [-0.15, -0.1) is 24.0 Å². The summed E-state index contributed by atoms with van der Waals surface area (Å²) in [5, 5.41) is 6.63. The lowest BCUT2D eigenvalue weighted by Crippen LogP contribution is -2.36. The van der Waals surface area contributed by atoms with Gasteiger partial charge in [-0.2, -0.15) is 0 Å². The predicted octanol–water partition coefficient (Wildman–Crippen LogP) is 3.91. The smallest absolute Gasteiger partial charge is 0.255 e. The number of aryl methyl sites for hydroxylation is 1. The zero-order valence-corrected chi connectivity index (χ0v) is 21.5. The van der Waals surface area contributed by atoms with E-state index in [1.807, 2.05) is 18.2 Å². The van der Waals surface area contributed by atoms with Crippen LogP contribution in [-0.4, -0.2) is 32.1 Å². The van der Waals surface area contributed by atoms with Gasteiger partial charge in [0, 0.05) is 25.7 Å².